The highest BCUT2D eigenvalue weighted by atomic mass is 16.5. The van der Waals surface area contributed by atoms with Crippen LogP contribution in [0.25, 0.3) is 0 Å². The van der Waals surface area contributed by atoms with Crippen molar-refractivity contribution in [3.63, 3.8) is 0 Å². The van der Waals surface area contributed by atoms with Gasteiger partial charge in [-0.15, -0.1) is 0 Å². The molecule has 0 atom stereocenters. The van der Waals surface area contributed by atoms with Crippen LogP contribution in [0.15, 0.2) is 36.4 Å². The third-order valence-corrected chi connectivity index (χ3v) is 4.37. The van der Waals surface area contributed by atoms with Crippen LogP contribution in [0.1, 0.15) is 35.1 Å². The smallest absolute Gasteiger partial charge is 0.262 e. The number of anilines is 1. The standard InChI is InChI=1S/C20H23NO2/c1-14-10-11-15(2)19(12-14)23-13-20(22)21-18-9-5-7-16-6-3-4-8-17(16)18/h5,7,9-12H,3-4,6,8,13H2,1-2H3,(H,21,22). The van der Waals surface area contributed by atoms with Gasteiger partial charge in [0, 0.05) is 5.69 Å². The maximum absolute atomic E-state index is 12.2. The zero-order chi connectivity index (χ0) is 16.2. The van der Waals surface area contributed by atoms with E-state index in [9.17, 15) is 4.79 Å². The second-order valence-corrected chi connectivity index (χ2v) is 6.26. The van der Waals surface area contributed by atoms with Gasteiger partial charge in [0.15, 0.2) is 6.61 Å². The quantitative estimate of drug-likeness (QED) is 0.919. The van der Waals surface area contributed by atoms with E-state index in [0.29, 0.717) is 0 Å². The fraction of sp³-hybridized carbons (Fsp3) is 0.350. The zero-order valence-corrected chi connectivity index (χ0v) is 13.8. The van der Waals surface area contributed by atoms with Crippen molar-refractivity contribution in [2.45, 2.75) is 39.5 Å². The van der Waals surface area contributed by atoms with Gasteiger partial charge in [-0.3, -0.25) is 4.79 Å². The first-order chi connectivity index (χ1) is 11.1. The molecule has 3 rings (SSSR count). The van der Waals surface area contributed by atoms with Gasteiger partial charge < -0.3 is 10.1 Å². The van der Waals surface area contributed by atoms with Gasteiger partial charge in [-0.25, -0.2) is 0 Å². The van der Waals surface area contributed by atoms with Crippen LogP contribution in [0.3, 0.4) is 0 Å². The van der Waals surface area contributed by atoms with Gasteiger partial charge in [-0.2, -0.15) is 0 Å². The first kappa shape index (κ1) is 15.6. The predicted octanol–water partition coefficient (Wildman–Crippen LogP) is 4.20. The molecule has 0 saturated carbocycles. The summed E-state index contributed by atoms with van der Waals surface area (Å²) in [7, 11) is 0. The van der Waals surface area contributed by atoms with Crippen molar-refractivity contribution in [3.8, 4) is 5.75 Å². The Labute approximate surface area is 137 Å². The number of hydrogen-bond acceptors (Lipinski definition) is 2. The van der Waals surface area contributed by atoms with E-state index in [1.165, 1.54) is 24.0 Å². The molecule has 0 aliphatic heterocycles. The number of carbonyl (C=O) groups is 1. The lowest BCUT2D eigenvalue weighted by Crippen LogP contribution is -2.22. The Hall–Kier alpha value is -2.29. The van der Waals surface area contributed by atoms with Gasteiger partial charge in [0.25, 0.3) is 5.91 Å². The van der Waals surface area contributed by atoms with Gasteiger partial charge in [-0.05, 0) is 73.9 Å². The SMILES string of the molecule is Cc1ccc(C)c(OCC(=O)Nc2cccc3c2CCCC3)c1. The van der Waals surface area contributed by atoms with Crippen LogP contribution in [-0.2, 0) is 17.6 Å². The van der Waals surface area contributed by atoms with Gasteiger partial charge in [-0.1, -0.05) is 24.3 Å². The highest BCUT2D eigenvalue weighted by molar-refractivity contribution is 5.92. The molecule has 0 spiro atoms. The van der Waals surface area contributed by atoms with Crippen LogP contribution < -0.4 is 10.1 Å². The van der Waals surface area contributed by atoms with Crippen LogP contribution in [0, 0.1) is 13.8 Å². The van der Waals surface area contributed by atoms with Crippen molar-refractivity contribution in [1.82, 2.24) is 0 Å². The number of carbonyl (C=O) groups excluding carboxylic acids is 1. The fourth-order valence-corrected chi connectivity index (χ4v) is 3.09. The number of nitrogens with one attached hydrogen (secondary N) is 1. The van der Waals surface area contributed by atoms with Gasteiger partial charge in [0.2, 0.25) is 0 Å². The Kier molecular flexibility index (Phi) is 4.65. The number of rotatable bonds is 4. The molecule has 3 nitrogen and oxygen atoms in total. The molecule has 2 aromatic rings. The van der Waals surface area contributed by atoms with E-state index in [0.717, 1.165) is 35.4 Å². The Morgan fingerprint density at radius 2 is 1.96 bits per heavy atom. The van der Waals surface area contributed by atoms with E-state index < -0.39 is 0 Å². The number of aryl methyl sites for hydroxylation is 3. The van der Waals surface area contributed by atoms with Crippen LogP contribution >= 0.6 is 0 Å². The average molecular weight is 309 g/mol. The summed E-state index contributed by atoms with van der Waals surface area (Å²) in [5.74, 6) is 0.667. The number of amides is 1. The minimum Gasteiger partial charge on any atom is -0.483 e. The normalized spacial score (nSPS) is 13.3. The molecule has 120 valence electrons. The summed E-state index contributed by atoms with van der Waals surface area (Å²) in [5.41, 5.74) is 5.77. The predicted molar refractivity (Wildman–Crippen MR) is 93.1 cm³/mol. The topological polar surface area (TPSA) is 38.3 Å². The number of benzene rings is 2. The molecule has 23 heavy (non-hydrogen) atoms. The molecular weight excluding hydrogens is 286 g/mol. The van der Waals surface area contributed by atoms with E-state index in [1.54, 1.807) is 0 Å². The lowest BCUT2D eigenvalue weighted by atomic mass is 9.90. The Bertz CT molecular complexity index is 722. The van der Waals surface area contributed by atoms with E-state index in [2.05, 4.69) is 11.4 Å². The number of fused-ring (bicyclic) bond motifs is 1. The first-order valence-electron chi connectivity index (χ1n) is 8.24. The Morgan fingerprint density at radius 1 is 1.13 bits per heavy atom. The lowest BCUT2D eigenvalue weighted by Gasteiger charge is -2.19. The van der Waals surface area contributed by atoms with Crippen molar-refractivity contribution in [3.05, 3.63) is 58.7 Å². The maximum atomic E-state index is 12.2. The van der Waals surface area contributed by atoms with Gasteiger partial charge in [0.1, 0.15) is 5.75 Å². The third kappa shape index (κ3) is 3.73. The Balaban J connectivity index is 1.65. The molecular formula is C20H23NO2. The summed E-state index contributed by atoms with van der Waals surface area (Å²) in [4.78, 5) is 12.2. The van der Waals surface area contributed by atoms with E-state index in [4.69, 9.17) is 4.74 Å². The van der Waals surface area contributed by atoms with Crippen LogP contribution in [0.5, 0.6) is 5.75 Å². The van der Waals surface area contributed by atoms with Crippen LogP contribution in [-0.4, -0.2) is 12.5 Å². The molecule has 1 N–H and O–H groups in total. The summed E-state index contributed by atoms with van der Waals surface area (Å²) in [6.45, 7) is 4.04. The van der Waals surface area contributed by atoms with Crippen LogP contribution in [0.2, 0.25) is 0 Å². The average Bonchev–Trinajstić information content (AvgIpc) is 2.56. The highest BCUT2D eigenvalue weighted by Crippen LogP contribution is 2.27. The molecule has 0 fully saturated rings. The molecule has 0 saturated heterocycles. The summed E-state index contributed by atoms with van der Waals surface area (Å²) in [5, 5.41) is 3.01. The monoisotopic (exact) mass is 309 g/mol. The molecule has 0 heterocycles. The summed E-state index contributed by atoms with van der Waals surface area (Å²) < 4.78 is 5.68. The van der Waals surface area contributed by atoms with Crippen molar-refractivity contribution in [2.75, 3.05) is 11.9 Å². The van der Waals surface area contributed by atoms with Crippen molar-refractivity contribution < 1.29 is 9.53 Å². The second kappa shape index (κ2) is 6.86. The minimum atomic E-state index is -0.107. The maximum Gasteiger partial charge on any atom is 0.262 e. The highest BCUT2D eigenvalue weighted by Gasteiger charge is 2.14. The summed E-state index contributed by atoms with van der Waals surface area (Å²) in [6.07, 6.45) is 4.58. The zero-order valence-electron chi connectivity index (χ0n) is 13.8. The van der Waals surface area contributed by atoms with Crippen LogP contribution in [0.4, 0.5) is 5.69 Å². The summed E-state index contributed by atoms with van der Waals surface area (Å²) >= 11 is 0. The van der Waals surface area contributed by atoms with E-state index >= 15 is 0 Å². The third-order valence-electron chi connectivity index (χ3n) is 4.37. The second-order valence-electron chi connectivity index (χ2n) is 6.26. The van der Waals surface area contributed by atoms with Gasteiger partial charge in [0.05, 0.1) is 0 Å². The molecule has 3 heteroatoms. The molecule has 2 aromatic carbocycles. The molecule has 0 aromatic heterocycles. The summed E-state index contributed by atoms with van der Waals surface area (Å²) in [6, 6.07) is 12.2. The van der Waals surface area contributed by atoms with E-state index in [1.807, 2.05) is 44.2 Å². The molecule has 0 radical (unpaired) electrons. The Morgan fingerprint density at radius 3 is 2.83 bits per heavy atom. The number of ether oxygens (including phenoxy) is 1. The van der Waals surface area contributed by atoms with Crippen molar-refractivity contribution in [1.29, 1.82) is 0 Å². The molecule has 1 aliphatic rings. The number of hydrogen-bond donors (Lipinski definition) is 1. The minimum absolute atomic E-state index is 0.0357. The molecule has 0 unspecified atom stereocenters. The molecule has 0 bridgehead atoms. The largest absolute Gasteiger partial charge is 0.483 e. The van der Waals surface area contributed by atoms with Crippen molar-refractivity contribution >= 4 is 11.6 Å². The first-order valence-corrected chi connectivity index (χ1v) is 8.24. The van der Waals surface area contributed by atoms with Crippen molar-refractivity contribution in [2.24, 2.45) is 0 Å². The van der Waals surface area contributed by atoms with E-state index in [-0.39, 0.29) is 12.5 Å². The molecule has 1 amide bonds. The molecule has 1 aliphatic carbocycles. The van der Waals surface area contributed by atoms with Gasteiger partial charge >= 0.3 is 0 Å². The lowest BCUT2D eigenvalue weighted by molar-refractivity contribution is -0.118. The fourth-order valence-electron chi connectivity index (χ4n) is 3.09.